The fourth-order valence-corrected chi connectivity index (χ4v) is 2.39. The molecule has 0 saturated carbocycles. The minimum absolute atomic E-state index is 0.382. The first kappa shape index (κ1) is 15.4. The molecule has 0 spiro atoms. The van der Waals surface area contributed by atoms with Crippen molar-refractivity contribution in [1.29, 1.82) is 0 Å². The van der Waals surface area contributed by atoms with E-state index in [1.165, 1.54) is 19.4 Å². The first-order chi connectivity index (χ1) is 6.79. The normalized spacial score (nSPS) is 16.8. The lowest BCUT2D eigenvalue weighted by atomic mass is 9.87. The van der Waals surface area contributed by atoms with Crippen molar-refractivity contribution in [2.45, 2.75) is 53.5 Å². The van der Waals surface area contributed by atoms with Gasteiger partial charge in [-0.2, -0.15) is 0 Å². The quantitative estimate of drug-likeness (QED) is 0.659. The van der Waals surface area contributed by atoms with Crippen LogP contribution in [0.25, 0.3) is 0 Å². The standard InChI is InChI=1S/C13H28BrN/c1-11(7-9-14)8-10-15(6)12(2)13(3,4)5/h11-12H,7-10H2,1-6H3. The summed E-state index contributed by atoms with van der Waals surface area (Å²) in [7, 11) is 2.25. The van der Waals surface area contributed by atoms with Crippen LogP contribution in [0.2, 0.25) is 0 Å². The molecule has 0 saturated heterocycles. The molecule has 15 heavy (non-hydrogen) atoms. The molecule has 0 rings (SSSR count). The van der Waals surface area contributed by atoms with Crippen molar-refractivity contribution in [3.05, 3.63) is 0 Å². The minimum Gasteiger partial charge on any atom is -0.303 e. The molecule has 0 radical (unpaired) electrons. The van der Waals surface area contributed by atoms with Crippen LogP contribution in [0.4, 0.5) is 0 Å². The van der Waals surface area contributed by atoms with Crippen LogP contribution in [0.5, 0.6) is 0 Å². The van der Waals surface area contributed by atoms with E-state index in [9.17, 15) is 0 Å². The summed E-state index contributed by atoms with van der Waals surface area (Å²) in [5.41, 5.74) is 0.382. The van der Waals surface area contributed by atoms with E-state index < -0.39 is 0 Å². The van der Waals surface area contributed by atoms with Gasteiger partial charge in [0.05, 0.1) is 0 Å². The van der Waals surface area contributed by atoms with Crippen molar-refractivity contribution in [2.24, 2.45) is 11.3 Å². The van der Waals surface area contributed by atoms with Crippen LogP contribution >= 0.6 is 15.9 Å². The molecular weight excluding hydrogens is 250 g/mol. The monoisotopic (exact) mass is 277 g/mol. The summed E-state index contributed by atoms with van der Waals surface area (Å²) >= 11 is 3.50. The predicted octanol–water partition coefficient (Wildman–Crippen LogP) is 4.16. The molecular formula is C13H28BrN. The van der Waals surface area contributed by atoms with Gasteiger partial charge in [0.25, 0.3) is 0 Å². The molecule has 2 atom stereocenters. The molecule has 2 heteroatoms. The average Bonchev–Trinajstić information content (AvgIpc) is 2.12. The van der Waals surface area contributed by atoms with Crippen molar-refractivity contribution in [2.75, 3.05) is 18.9 Å². The molecule has 92 valence electrons. The maximum Gasteiger partial charge on any atom is 0.0112 e. The van der Waals surface area contributed by atoms with Gasteiger partial charge in [0.1, 0.15) is 0 Å². The van der Waals surface area contributed by atoms with Crippen LogP contribution < -0.4 is 0 Å². The lowest BCUT2D eigenvalue weighted by molar-refractivity contribution is 0.134. The molecule has 0 aliphatic carbocycles. The van der Waals surface area contributed by atoms with Crippen LogP contribution in [0.3, 0.4) is 0 Å². The summed E-state index contributed by atoms with van der Waals surface area (Å²) in [6, 6.07) is 0.647. The van der Waals surface area contributed by atoms with Gasteiger partial charge >= 0.3 is 0 Å². The molecule has 0 aliphatic heterocycles. The Kier molecular flexibility index (Phi) is 7.10. The van der Waals surface area contributed by atoms with Crippen LogP contribution in [-0.4, -0.2) is 29.9 Å². The van der Waals surface area contributed by atoms with E-state index in [0.29, 0.717) is 11.5 Å². The van der Waals surface area contributed by atoms with Gasteiger partial charge in [-0.25, -0.2) is 0 Å². The van der Waals surface area contributed by atoms with Crippen molar-refractivity contribution in [3.63, 3.8) is 0 Å². The SMILES string of the molecule is CC(CCBr)CCN(C)C(C)C(C)(C)C. The summed E-state index contributed by atoms with van der Waals surface area (Å²) in [5.74, 6) is 0.832. The topological polar surface area (TPSA) is 3.24 Å². The van der Waals surface area contributed by atoms with Gasteiger partial charge in [-0.1, -0.05) is 43.6 Å². The summed E-state index contributed by atoms with van der Waals surface area (Å²) in [4.78, 5) is 2.49. The average molecular weight is 278 g/mol. The Balaban J connectivity index is 3.88. The Morgan fingerprint density at radius 1 is 1.13 bits per heavy atom. The predicted molar refractivity (Wildman–Crippen MR) is 73.7 cm³/mol. The van der Waals surface area contributed by atoms with Gasteiger partial charge in [0, 0.05) is 11.4 Å². The van der Waals surface area contributed by atoms with Crippen LogP contribution in [0.1, 0.15) is 47.5 Å². The van der Waals surface area contributed by atoms with Crippen molar-refractivity contribution in [1.82, 2.24) is 4.90 Å². The first-order valence-electron chi connectivity index (χ1n) is 6.05. The second kappa shape index (κ2) is 6.90. The first-order valence-corrected chi connectivity index (χ1v) is 7.17. The molecule has 0 amide bonds. The smallest absolute Gasteiger partial charge is 0.0112 e. The molecule has 2 unspecified atom stereocenters. The van der Waals surface area contributed by atoms with Gasteiger partial charge in [-0.05, 0) is 44.7 Å². The maximum atomic E-state index is 3.50. The van der Waals surface area contributed by atoms with E-state index in [1.807, 2.05) is 0 Å². The highest BCUT2D eigenvalue weighted by Gasteiger charge is 2.23. The molecule has 0 N–H and O–H groups in total. The van der Waals surface area contributed by atoms with Gasteiger partial charge in [0.2, 0.25) is 0 Å². The van der Waals surface area contributed by atoms with E-state index in [0.717, 1.165) is 11.2 Å². The zero-order chi connectivity index (χ0) is 12.1. The minimum atomic E-state index is 0.382. The molecule has 0 bridgehead atoms. The Labute approximate surface area is 105 Å². The van der Waals surface area contributed by atoms with E-state index in [4.69, 9.17) is 0 Å². The lowest BCUT2D eigenvalue weighted by Gasteiger charge is -2.35. The second-order valence-electron chi connectivity index (χ2n) is 5.89. The van der Waals surface area contributed by atoms with Gasteiger partial charge in [0.15, 0.2) is 0 Å². The Bertz CT molecular complexity index is 162. The third-order valence-electron chi connectivity index (χ3n) is 3.49. The molecule has 0 aromatic rings. The number of halogens is 1. The van der Waals surface area contributed by atoms with Crippen LogP contribution in [0.15, 0.2) is 0 Å². The largest absolute Gasteiger partial charge is 0.303 e. The van der Waals surface area contributed by atoms with Crippen molar-refractivity contribution in [3.8, 4) is 0 Å². The van der Waals surface area contributed by atoms with E-state index >= 15 is 0 Å². The number of nitrogens with zero attached hydrogens (tertiary/aromatic N) is 1. The van der Waals surface area contributed by atoms with Crippen molar-refractivity contribution < 1.29 is 0 Å². The van der Waals surface area contributed by atoms with Gasteiger partial charge in [-0.3, -0.25) is 0 Å². The number of rotatable bonds is 6. The van der Waals surface area contributed by atoms with Crippen molar-refractivity contribution >= 4 is 15.9 Å². The maximum absolute atomic E-state index is 3.50. The third kappa shape index (κ3) is 6.57. The summed E-state index contributed by atoms with van der Waals surface area (Å²) in [5, 5.41) is 1.13. The van der Waals surface area contributed by atoms with E-state index in [1.54, 1.807) is 0 Å². The number of hydrogen-bond donors (Lipinski definition) is 0. The Hall–Kier alpha value is 0.440. The van der Waals surface area contributed by atoms with Gasteiger partial charge < -0.3 is 4.90 Å². The van der Waals surface area contributed by atoms with E-state index in [-0.39, 0.29) is 0 Å². The zero-order valence-corrected chi connectivity index (χ0v) is 12.9. The lowest BCUT2D eigenvalue weighted by Crippen LogP contribution is -2.40. The highest BCUT2D eigenvalue weighted by atomic mass is 79.9. The van der Waals surface area contributed by atoms with Crippen LogP contribution in [0, 0.1) is 11.3 Å². The fourth-order valence-electron chi connectivity index (χ4n) is 1.61. The fraction of sp³-hybridized carbons (Fsp3) is 1.00. The van der Waals surface area contributed by atoms with Crippen LogP contribution in [-0.2, 0) is 0 Å². The molecule has 0 aliphatic rings. The van der Waals surface area contributed by atoms with E-state index in [2.05, 4.69) is 62.5 Å². The zero-order valence-electron chi connectivity index (χ0n) is 11.3. The highest BCUT2D eigenvalue weighted by Crippen LogP contribution is 2.23. The molecule has 1 nitrogen and oxygen atoms in total. The number of alkyl halides is 1. The summed E-state index contributed by atoms with van der Waals surface area (Å²) in [6.07, 6.45) is 2.60. The van der Waals surface area contributed by atoms with Gasteiger partial charge in [-0.15, -0.1) is 0 Å². The molecule has 0 heterocycles. The molecule has 0 aromatic carbocycles. The third-order valence-corrected chi connectivity index (χ3v) is 3.95. The second-order valence-corrected chi connectivity index (χ2v) is 6.69. The molecule has 0 aromatic heterocycles. The summed E-state index contributed by atoms with van der Waals surface area (Å²) in [6.45, 7) is 12.8. The molecule has 0 fully saturated rings. The Morgan fingerprint density at radius 2 is 1.67 bits per heavy atom. The summed E-state index contributed by atoms with van der Waals surface area (Å²) < 4.78 is 0. The highest BCUT2D eigenvalue weighted by molar-refractivity contribution is 9.09. The Morgan fingerprint density at radius 3 is 2.07 bits per heavy atom. The number of hydrogen-bond acceptors (Lipinski definition) is 1.